The van der Waals surface area contributed by atoms with Gasteiger partial charge >= 0.3 is 0 Å². The van der Waals surface area contributed by atoms with E-state index in [1.165, 1.54) is 16.7 Å². The smallest absolute Gasteiger partial charge is 0.0340 e. The maximum Gasteiger partial charge on any atom is 0.0340 e. The van der Waals surface area contributed by atoms with E-state index in [4.69, 9.17) is 5.73 Å². The Balaban J connectivity index is 2.07. The van der Waals surface area contributed by atoms with Crippen molar-refractivity contribution in [2.24, 2.45) is 5.73 Å². The SMILES string of the molecule is NCc1[c]cc(C(c2ccccc2)c2ccccc2)cc1. The molecule has 2 N–H and O–H groups in total. The number of benzene rings is 3. The molecule has 0 aliphatic rings. The zero-order valence-electron chi connectivity index (χ0n) is 11.9. The summed E-state index contributed by atoms with van der Waals surface area (Å²) in [6, 6.07) is 30.7. The fourth-order valence-corrected chi connectivity index (χ4v) is 2.64. The third-order valence-electron chi connectivity index (χ3n) is 3.72. The van der Waals surface area contributed by atoms with Crippen LogP contribution in [-0.2, 0) is 6.54 Å². The summed E-state index contributed by atoms with van der Waals surface area (Å²) < 4.78 is 0. The predicted octanol–water partition coefficient (Wildman–Crippen LogP) is 4.13. The van der Waals surface area contributed by atoms with Crippen molar-refractivity contribution >= 4 is 0 Å². The Bertz CT molecular complexity index is 633. The van der Waals surface area contributed by atoms with Crippen LogP contribution in [-0.4, -0.2) is 0 Å². The van der Waals surface area contributed by atoms with Gasteiger partial charge in [-0.1, -0.05) is 72.8 Å². The van der Waals surface area contributed by atoms with Crippen LogP contribution in [0.1, 0.15) is 28.2 Å². The van der Waals surface area contributed by atoms with Gasteiger partial charge in [-0.15, -0.1) is 0 Å². The molecular formula is C20H18N. The van der Waals surface area contributed by atoms with Crippen molar-refractivity contribution < 1.29 is 0 Å². The van der Waals surface area contributed by atoms with Crippen molar-refractivity contribution in [1.29, 1.82) is 0 Å². The summed E-state index contributed by atoms with van der Waals surface area (Å²) >= 11 is 0. The van der Waals surface area contributed by atoms with Gasteiger partial charge in [0, 0.05) is 12.5 Å². The molecular weight excluding hydrogens is 254 g/mol. The van der Waals surface area contributed by atoms with E-state index in [1.807, 2.05) is 0 Å². The van der Waals surface area contributed by atoms with Gasteiger partial charge in [-0.05, 0) is 34.4 Å². The van der Waals surface area contributed by atoms with E-state index in [1.54, 1.807) is 0 Å². The summed E-state index contributed by atoms with van der Waals surface area (Å²) in [5.41, 5.74) is 10.5. The van der Waals surface area contributed by atoms with Gasteiger partial charge in [-0.2, -0.15) is 0 Å². The molecule has 0 spiro atoms. The van der Waals surface area contributed by atoms with Crippen LogP contribution in [0.25, 0.3) is 0 Å². The summed E-state index contributed by atoms with van der Waals surface area (Å²) in [4.78, 5) is 0. The Labute approximate surface area is 126 Å². The van der Waals surface area contributed by atoms with Gasteiger partial charge in [0.15, 0.2) is 0 Å². The second-order valence-electron chi connectivity index (χ2n) is 5.11. The van der Waals surface area contributed by atoms with Crippen LogP contribution in [0.15, 0.2) is 78.9 Å². The third kappa shape index (κ3) is 3.04. The van der Waals surface area contributed by atoms with E-state index in [0.29, 0.717) is 6.54 Å². The number of hydrogen-bond acceptors (Lipinski definition) is 1. The van der Waals surface area contributed by atoms with Gasteiger partial charge < -0.3 is 5.73 Å². The van der Waals surface area contributed by atoms with E-state index in [2.05, 4.69) is 84.9 Å². The van der Waals surface area contributed by atoms with Crippen LogP contribution in [0.2, 0.25) is 0 Å². The van der Waals surface area contributed by atoms with Crippen molar-refractivity contribution in [3.05, 3.63) is 107 Å². The molecule has 3 aromatic carbocycles. The predicted molar refractivity (Wildman–Crippen MR) is 87.0 cm³/mol. The standard InChI is InChI=1S/C20H18N/c21-15-16-11-13-19(14-12-16)20(17-7-3-1-4-8-17)18-9-5-2-6-10-18/h1-11,13-14,20H,15,21H2. The van der Waals surface area contributed by atoms with Crippen molar-refractivity contribution in [1.82, 2.24) is 0 Å². The van der Waals surface area contributed by atoms with Gasteiger partial charge in [0.05, 0.1) is 0 Å². The number of nitrogens with two attached hydrogens (primary N) is 1. The first-order valence-corrected chi connectivity index (χ1v) is 7.19. The van der Waals surface area contributed by atoms with Crippen molar-refractivity contribution in [3.63, 3.8) is 0 Å². The fourth-order valence-electron chi connectivity index (χ4n) is 2.64. The minimum atomic E-state index is 0.232. The van der Waals surface area contributed by atoms with Crippen LogP contribution >= 0.6 is 0 Å². The van der Waals surface area contributed by atoms with E-state index in [-0.39, 0.29) is 5.92 Å². The molecule has 103 valence electrons. The van der Waals surface area contributed by atoms with Gasteiger partial charge in [0.25, 0.3) is 0 Å². The molecule has 0 aliphatic carbocycles. The molecule has 1 radical (unpaired) electrons. The van der Waals surface area contributed by atoms with E-state index in [9.17, 15) is 0 Å². The Hall–Kier alpha value is -2.38. The number of hydrogen-bond donors (Lipinski definition) is 1. The first-order valence-electron chi connectivity index (χ1n) is 7.19. The lowest BCUT2D eigenvalue weighted by molar-refractivity contribution is 0.969. The molecule has 0 aliphatic heterocycles. The Kier molecular flexibility index (Phi) is 4.13. The van der Waals surface area contributed by atoms with Crippen LogP contribution < -0.4 is 5.73 Å². The molecule has 0 saturated heterocycles. The minimum absolute atomic E-state index is 0.232. The quantitative estimate of drug-likeness (QED) is 0.710. The minimum Gasteiger partial charge on any atom is -0.326 e. The second kappa shape index (κ2) is 6.38. The highest BCUT2D eigenvalue weighted by molar-refractivity contribution is 5.43. The Morgan fingerprint density at radius 1 is 0.714 bits per heavy atom. The summed E-state index contributed by atoms with van der Waals surface area (Å²) in [7, 11) is 0. The fraction of sp³-hybridized carbons (Fsp3) is 0.100. The molecule has 0 atom stereocenters. The zero-order valence-corrected chi connectivity index (χ0v) is 11.9. The molecule has 0 unspecified atom stereocenters. The molecule has 0 amide bonds. The van der Waals surface area contributed by atoms with Gasteiger partial charge in [-0.25, -0.2) is 0 Å². The molecule has 1 nitrogen and oxygen atoms in total. The van der Waals surface area contributed by atoms with E-state index < -0.39 is 0 Å². The molecule has 1 heteroatoms. The molecule has 0 bridgehead atoms. The first kappa shape index (κ1) is 13.6. The highest BCUT2D eigenvalue weighted by Crippen LogP contribution is 2.31. The topological polar surface area (TPSA) is 26.0 Å². The summed E-state index contributed by atoms with van der Waals surface area (Å²) in [6.45, 7) is 0.529. The molecule has 0 aromatic heterocycles. The third-order valence-corrected chi connectivity index (χ3v) is 3.72. The van der Waals surface area contributed by atoms with Crippen molar-refractivity contribution in [3.8, 4) is 0 Å². The second-order valence-corrected chi connectivity index (χ2v) is 5.11. The van der Waals surface area contributed by atoms with E-state index >= 15 is 0 Å². The lowest BCUT2D eigenvalue weighted by Gasteiger charge is -2.19. The molecule has 0 saturated carbocycles. The number of rotatable bonds is 4. The lowest BCUT2D eigenvalue weighted by atomic mass is 9.85. The molecule has 21 heavy (non-hydrogen) atoms. The van der Waals surface area contributed by atoms with Crippen molar-refractivity contribution in [2.45, 2.75) is 12.5 Å². The summed E-state index contributed by atoms with van der Waals surface area (Å²) in [5.74, 6) is 0.232. The van der Waals surface area contributed by atoms with Gasteiger partial charge in [-0.3, -0.25) is 0 Å². The maximum atomic E-state index is 5.67. The zero-order chi connectivity index (χ0) is 14.5. The van der Waals surface area contributed by atoms with Crippen LogP contribution in [0.4, 0.5) is 0 Å². The molecule has 3 rings (SSSR count). The van der Waals surface area contributed by atoms with E-state index in [0.717, 1.165) is 5.56 Å². The maximum absolute atomic E-state index is 5.67. The van der Waals surface area contributed by atoms with Crippen molar-refractivity contribution in [2.75, 3.05) is 0 Å². The summed E-state index contributed by atoms with van der Waals surface area (Å²) in [5, 5.41) is 0. The molecule has 0 fully saturated rings. The largest absolute Gasteiger partial charge is 0.326 e. The van der Waals surface area contributed by atoms with Gasteiger partial charge in [0.1, 0.15) is 0 Å². The lowest BCUT2D eigenvalue weighted by Crippen LogP contribution is -2.04. The Morgan fingerprint density at radius 3 is 1.71 bits per heavy atom. The first-order chi connectivity index (χ1) is 10.4. The highest BCUT2D eigenvalue weighted by atomic mass is 14.5. The average molecular weight is 272 g/mol. The highest BCUT2D eigenvalue weighted by Gasteiger charge is 2.15. The summed E-state index contributed by atoms with van der Waals surface area (Å²) in [6.07, 6.45) is 0. The monoisotopic (exact) mass is 272 g/mol. The normalized spacial score (nSPS) is 10.8. The molecule has 3 aromatic rings. The van der Waals surface area contributed by atoms with Crippen LogP contribution in [0.5, 0.6) is 0 Å². The van der Waals surface area contributed by atoms with Gasteiger partial charge in [0.2, 0.25) is 0 Å². The van der Waals surface area contributed by atoms with Crippen LogP contribution in [0, 0.1) is 6.07 Å². The van der Waals surface area contributed by atoms with Crippen LogP contribution in [0.3, 0.4) is 0 Å². The average Bonchev–Trinajstić information content (AvgIpc) is 2.58. The molecule has 0 heterocycles. The Morgan fingerprint density at radius 2 is 1.29 bits per heavy atom.